The molecule has 0 saturated heterocycles. The minimum absolute atomic E-state index is 0.313. The van der Waals surface area contributed by atoms with Crippen molar-refractivity contribution in [3.63, 3.8) is 0 Å². The standard InChI is InChI=1S/C17H13F3O2/c18-17(19,20)16(21,11-12-6-2-1-3-7-12)15-10-13-8-4-5-9-14(13)22-15/h1-10,21H,11H2. The van der Waals surface area contributed by atoms with Crippen LogP contribution in [-0.2, 0) is 12.0 Å². The first-order chi connectivity index (χ1) is 10.4. The lowest BCUT2D eigenvalue weighted by atomic mass is 9.91. The number of hydrogen-bond donors (Lipinski definition) is 1. The lowest BCUT2D eigenvalue weighted by Crippen LogP contribution is -2.44. The highest BCUT2D eigenvalue weighted by Gasteiger charge is 2.57. The van der Waals surface area contributed by atoms with Crippen LogP contribution >= 0.6 is 0 Å². The Morgan fingerprint density at radius 3 is 2.18 bits per heavy atom. The fourth-order valence-electron chi connectivity index (χ4n) is 2.40. The second-order valence-electron chi connectivity index (χ2n) is 5.17. The van der Waals surface area contributed by atoms with Gasteiger partial charge in [-0.05, 0) is 17.7 Å². The zero-order valence-electron chi connectivity index (χ0n) is 11.5. The molecule has 0 aliphatic rings. The van der Waals surface area contributed by atoms with Crippen molar-refractivity contribution in [3.8, 4) is 0 Å². The molecule has 0 amide bonds. The van der Waals surface area contributed by atoms with Crippen LogP contribution in [0.1, 0.15) is 11.3 Å². The predicted octanol–water partition coefficient (Wildman–Crippen LogP) is 4.43. The molecule has 2 nitrogen and oxygen atoms in total. The molecule has 1 heterocycles. The van der Waals surface area contributed by atoms with E-state index < -0.39 is 24.0 Å². The molecule has 0 aliphatic carbocycles. The number of rotatable bonds is 3. The summed E-state index contributed by atoms with van der Waals surface area (Å²) >= 11 is 0. The maximum absolute atomic E-state index is 13.5. The van der Waals surface area contributed by atoms with Gasteiger partial charge >= 0.3 is 6.18 Å². The van der Waals surface area contributed by atoms with Crippen molar-refractivity contribution in [1.82, 2.24) is 0 Å². The fourth-order valence-corrected chi connectivity index (χ4v) is 2.40. The van der Waals surface area contributed by atoms with Crippen molar-refractivity contribution in [2.24, 2.45) is 0 Å². The van der Waals surface area contributed by atoms with E-state index in [-0.39, 0.29) is 0 Å². The number of hydrogen-bond acceptors (Lipinski definition) is 2. The van der Waals surface area contributed by atoms with E-state index in [2.05, 4.69) is 0 Å². The van der Waals surface area contributed by atoms with Crippen LogP contribution in [0.4, 0.5) is 13.2 Å². The molecular weight excluding hydrogens is 293 g/mol. The maximum atomic E-state index is 13.5. The van der Waals surface area contributed by atoms with E-state index in [1.165, 1.54) is 6.07 Å². The van der Waals surface area contributed by atoms with Crippen LogP contribution in [0.15, 0.2) is 65.1 Å². The summed E-state index contributed by atoms with van der Waals surface area (Å²) in [7, 11) is 0. The van der Waals surface area contributed by atoms with Crippen LogP contribution in [0.5, 0.6) is 0 Å². The first kappa shape index (κ1) is 14.7. The Balaban J connectivity index is 2.09. The third-order valence-electron chi connectivity index (χ3n) is 3.60. The van der Waals surface area contributed by atoms with Gasteiger partial charge in [0.15, 0.2) is 0 Å². The quantitative estimate of drug-likeness (QED) is 0.777. The predicted molar refractivity (Wildman–Crippen MR) is 76.3 cm³/mol. The SMILES string of the molecule is OC(Cc1ccccc1)(c1cc2ccccc2o1)C(F)(F)F. The Hall–Kier alpha value is -2.27. The molecule has 0 bridgehead atoms. The van der Waals surface area contributed by atoms with Crippen LogP contribution in [0.25, 0.3) is 11.0 Å². The Bertz CT molecular complexity index is 744. The molecular formula is C17H13F3O2. The second kappa shape index (κ2) is 5.18. The zero-order chi connectivity index (χ0) is 15.8. The van der Waals surface area contributed by atoms with E-state index in [1.54, 1.807) is 54.6 Å². The number of furan rings is 1. The lowest BCUT2D eigenvalue weighted by Gasteiger charge is -2.28. The number of para-hydroxylation sites is 1. The number of halogens is 3. The third-order valence-corrected chi connectivity index (χ3v) is 3.60. The largest absolute Gasteiger partial charge is 0.458 e. The molecule has 5 heteroatoms. The molecule has 1 atom stereocenters. The van der Waals surface area contributed by atoms with Crippen LogP contribution in [0, 0.1) is 0 Å². The highest BCUT2D eigenvalue weighted by molar-refractivity contribution is 5.78. The molecule has 1 aromatic heterocycles. The Labute approximate surface area is 124 Å². The van der Waals surface area contributed by atoms with E-state index >= 15 is 0 Å². The first-order valence-corrected chi connectivity index (χ1v) is 6.72. The van der Waals surface area contributed by atoms with E-state index in [0.717, 1.165) is 0 Å². The molecule has 114 valence electrons. The van der Waals surface area contributed by atoms with Gasteiger partial charge in [-0.25, -0.2) is 0 Å². The maximum Gasteiger partial charge on any atom is 0.424 e. The van der Waals surface area contributed by atoms with Gasteiger partial charge in [0.1, 0.15) is 11.3 Å². The topological polar surface area (TPSA) is 33.4 Å². The highest BCUT2D eigenvalue weighted by atomic mass is 19.4. The minimum Gasteiger partial charge on any atom is -0.458 e. The molecule has 0 fully saturated rings. The van der Waals surface area contributed by atoms with Gasteiger partial charge in [-0.2, -0.15) is 13.2 Å². The molecule has 0 aliphatic heterocycles. The second-order valence-corrected chi connectivity index (χ2v) is 5.17. The molecule has 0 saturated carbocycles. The smallest absolute Gasteiger partial charge is 0.424 e. The number of fused-ring (bicyclic) bond motifs is 1. The number of alkyl halides is 3. The fraction of sp³-hybridized carbons (Fsp3) is 0.176. The molecule has 3 rings (SSSR count). The van der Waals surface area contributed by atoms with Gasteiger partial charge in [-0.15, -0.1) is 0 Å². The Kier molecular flexibility index (Phi) is 3.45. The Morgan fingerprint density at radius 2 is 1.55 bits per heavy atom. The number of aliphatic hydroxyl groups is 1. The molecule has 1 unspecified atom stereocenters. The minimum atomic E-state index is -4.85. The van der Waals surface area contributed by atoms with Gasteiger partial charge in [0, 0.05) is 11.8 Å². The Morgan fingerprint density at radius 1 is 0.909 bits per heavy atom. The van der Waals surface area contributed by atoms with Gasteiger partial charge in [0.2, 0.25) is 5.60 Å². The normalized spacial score (nSPS) is 14.9. The van der Waals surface area contributed by atoms with Gasteiger partial charge < -0.3 is 9.52 Å². The summed E-state index contributed by atoms with van der Waals surface area (Å²) in [5, 5.41) is 10.9. The molecule has 22 heavy (non-hydrogen) atoms. The summed E-state index contributed by atoms with van der Waals surface area (Å²) in [6, 6.07) is 15.9. The van der Waals surface area contributed by atoms with E-state index in [0.29, 0.717) is 16.5 Å². The lowest BCUT2D eigenvalue weighted by molar-refractivity contribution is -0.272. The highest BCUT2D eigenvalue weighted by Crippen LogP contribution is 2.43. The summed E-state index contributed by atoms with van der Waals surface area (Å²) in [4.78, 5) is 0. The summed E-state index contributed by atoms with van der Waals surface area (Å²) in [6.45, 7) is 0. The average molecular weight is 306 g/mol. The molecule has 2 aromatic carbocycles. The van der Waals surface area contributed by atoms with E-state index in [4.69, 9.17) is 4.42 Å². The average Bonchev–Trinajstić information content (AvgIpc) is 2.91. The molecule has 1 N–H and O–H groups in total. The van der Waals surface area contributed by atoms with Crippen molar-refractivity contribution in [2.45, 2.75) is 18.2 Å². The summed E-state index contributed by atoms with van der Waals surface area (Å²) in [5.41, 5.74) is -2.37. The van der Waals surface area contributed by atoms with Crippen LogP contribution < -0.4 is 0 Å². The van der Waals surface area contributed by atoms with Gasteiger partial charge in [-0.3, -0.25) is 0 Å². The van der Waals surface area contributed by atoms with Gasteiger partial charge in [0.25, 0.3) is 0 Å². The van der Waals surface area contributed by atoms with Crippen LogP contribution in [-0.4, -0.2) is 11.3 Å². The molecule has 3 aromatic rings. The zero-order valence-corrected chi connectivity index (χ0v) is 11.5. The van der Waals surface area contributed by atoms with Crippen molar-refractivity contribution >= 4 is 11.0 Å². The van der Waals surface area contributed by atoms with Crippen LogP contribution in [0.3, 0.4) is 0 Å². The summed E-state index contributed by atoms with van der Waals surface area (Å²) < 4.78 is 45.7. The first-order valence-electron chi connectivity index (χ1n) is 6.72. The third kappa shape index (κ3) is 2.48. The molecule has 0 spiro atoms. The monoisotopic (exact) mass is 306 g/mol. The van der Waals surface area contributed by atoms with Crippen molar-refractivity contribution in [2.75, 3.05) is 0 Å². The summed E-state index contributed by atoms with van der Waals surface area (Å²) in [6.07, 6.45) is -5.45. The van der Waals surface area contributed by atoms with Crippen molar-refractivity contribution in [1.29, 1.82) is 0 Å². The van der Waals surface area contributed by atoms with Gasteiger partial charge in [-0.1, -0.05) is 48.5 Å². The van der Waals surface area contributed by atoms with Gasteiger partial charge in [0.05, 0.1) is 0 Å². The van der Waals surface area contributed by atoms with Crippen molar-refractivity contribution < 1.29 is 22.7 Å². The van der Waals surface area contributed by atoms with E-state index in [1.807, 2.05) is 0 Å². The summed E-state index contributed by atoms with van der Waals surface area (Å²) in [5.74, 6) is -0.495. The van der Waals surface area contributed by atoms with Crippen LogP contribution in [0.2, 0.25) is 0 Å². The van der Waals surface area contributed by atoms with E-state index in [9.17, 15) is 18.3 Å². The number of benzene rings is 2. The molecule has 0 radical (unpaired) electrons. The van der Waals surface area contributed by atoms with Crippen molar-refractivity contribution in [3.05, 3.63) is 72.0 Å².